The Balaban J connectivity index is 1.37. The Bertz CT molecular complexity index is 889. The van der Waals surface area contributed by atoms with Gasteiger partial charge in [-0.05, 0) is 42.2 Å². The van der Waals surface area contributed by atoms with E-state index in [4.69, 9.17) is 0 Å². The Morgan fingerprint density at radius 1 is 1.25 bits per heavy atom. The Kier molecular flexibility index (Phi) is 4.40. The van der Waals surface area contributed by atoms with Crippen molar-refractivity contribution < 1.29 is 14.4 Å². The average Bonchev–Trinajstić information content (AvgIpc) is 2.99. The van der Waals surface area contributed by atoms with Crippen LogP contribution in [0.2, 0.25) is 0 Å². The van der Waals surface area contributed by atoms with E-state index in [1.54, 1.807) is 18.2 Å². The normalized spacial score (nSPS) is 29.3. The van der Waals surface area contributed by atoms with Crippen LogP contribution in [0.5, 0.6) is 0 Å². The lowest BCUT2D eigenvalue weighted by Crippen LogP contribution is -2.44. The third-order valence-corrected chi connectivity index (χ3v) is 7.53. The highest BCUT2D eigenvalue weighted by molar-refractivity contribution is 6.09. The molecule has 6 nitrogen and oxygen atoms in total. The van der Waals surface area contributed by atoms with Crippen LogP contribution in [0.25, 0.3) is 0 Å². The van der Waals surface area contributed by atoms with Crippen molar-refractivity contribution in [2.45, 2.75) is 52.9 Å². The number of carbonyl (C=O) groups is 3. The number of hydrazone groups is 1. The van der Waals surface area contributed by atoms with Crippen molar-refractivity contribution in [3.63, 3.8) is 0 Å². The SMILES string of the molecule is CC1(C)[C@@H]2CC[C@]1(C)/C(=N/NC(=O)CCN1C(=O)Cc3ccccc3C1=O)C2. The van der Waals surface area contributed by atoms with Crippen LogP contribution in [0.1, 0.15) is 62.4 Å². The highest BCUT2D eigenvalue weighted by Gasteiger charge is 2.60. The van der Waals surface area contributed by atoms with Gasteiger partial charge in [0.25, 0.3) is 5.91 Å². The molecule has 2 atom stereocenters. The van der Waals surface area contributed by atoms with Crippen molar-refractivity contribution in [2.24, 2.45) is 21.8 Å². The monoisotopic (exact) mass is 381 g/mol. The van der Waals surface area contributed by atoms with Gasteiger partial charge in [-0.25, -0.2) is 5.43 Å². The van der Waals surface area contributed by atoms with Crippen LogP contribution in [0.15, 0.2) is 29.4 Å². The summed E-state index contributed by atoms with van der Waals surface area (Å²) in [5, 5.41) is 4.44. The summed E-state index contributed by atoms with van der Waals surface area (Å²) in [5.41, 5.74) is 5.26. The van der Waals surface area contributed by atoms with Crippen molar-refractivity contribution in [1.82, 2.24) is 10.3 Å². The maximum absolute atomic E-state index is 12.6. The van der Waals surface area contributed by atoms with E-state index in [2.05, 4.69) is 31.3 Å². The molecule has 3 aliphatic rings. The molecule has 1 aliphatic heterocycles. The van der Waals surface area contributed by atoms with Gasteiger partial charge in [-0.1, -0.05) is 39.0 Å². The standard InChI is InChI=1S/C22H27N3O3/c1-21(2)15-8-10-22(21,3)17(13-15)23-24-18(26)9-11-25-19(27)12-14-6-4-5-7-16(14)20(25)28/h4-7,15H,8-13H2,1-3H3,(H,24,26)/b23-17+/t15-,22-/m1/s1. The summed E-state index contributed by atoms with van der Waals surface area (Å²) < 4.78 is 0. The molecular formula is C22H27N3O3. The lowest BCUT2D eigenvalue weighted by Gasteiger charge is -2.34. The molecular weight excluding hydrogens is 354 g/mol. The Hall–Kier alpha value is -2.50. The smallest absolute Gasteiger partial charge is 0.260 e. The highest BCUT2D eigenvalue weighted by Crippen LogP contribution is 2.63. The van der Waals surface area contributed by atoms with Crippen LogP contribution in [-0.2, 0) is 16.0 Å². The van der Waals surface area contributed by atoms with Crippen LogP contribution in [-0.4, -0.2) is 34.9 Å². The van der Waals surface area contributed by atoms with Crippen molar-refractivity contribution >= 4 is 23.4 Å². The highest BCUT2D eigenvalue weighted by atomic mass is 16.2. The quantitative estimate of drug-likeness (QED) is 0.643. The molecule has 28 heavy (non-hydrogen) atoms. The summed E-state index contributed by atoms with van der Waals surface area (Å²) >= 11 is 0. The minimum absolute atomic E-state index is 0.0352. The van der Waals surface area contributed by atoms with E-state index in [-0.39, 0.29) is 47.9 Å². The number of fused-ring (bicyclic) bond motifs is 3. The van der Waals surface area contributed by atoms with Crippen molar-refractivity contribution in [3.05, 3.63) is 35.4 Å². The van der Waals surface area contributed by atoms with Gasteiger partial charge in [0.15, 0.2) is 0 Å². The van der Waals surface area contributed by atoms with Crippen LogP contribution in [0, 0.1) is 16.7 Å². The molecule has 4 rings (SSSR count). The predicted octanol–water partition coefficient (Wildman–Crippen LogP) is 2.92. The summed E-state index contributed by atoms with van der Waals surface area (Å²) in [4.78, 5) is 38.3. The first kappa shape index (κ1) is 18.8. The largest absolute Gasteiger partial charge is 0.278 e. The molecule has 148 valence electrons. The maximum atomic E-state index is 12.6. The minimum Gasteiger partial charge on any atom is -0.278 e. The molecule has 0 spiro atoms. The predicted molar refractivity (Wildman–Crippen MR) is 106 cm³/mol. The molecule has 0 unspecified atom stereocenters. The fraction of sp³-hybridized carbons (Fsp3) is 0.545. The summed E-state index contributed by atoms with van der Waals surface area (Å²) in [6, 6.07) is 7.12. The zero-order chi connectivity index (χ0) is 20.1. The maximum Gasteiger partial charge on any atom is 0.260 e. The third-order valence-electron chi connectivity index (χ3n) is 7.53. The number of hydrogen-bond donors (Lipinski definition) is 1. The van der Waals surface area contributed by atoms with Crippen LogP contribution < -0.4 is 5.43 Å². The molecule has 1 aromatic rings. The van der Waals surface area contributed by atoms with Gasteiger partial charge < -0.3 is 0 Å². The van der Waals surface area contributed by atoms with Crippen molar-refractivity contribution in [3.8, 4) is 0 Å². The first-order valence-electron chi connectivity index (χ1n) is 10.0. The molecule has 0 radical (unpaired) electrons. The van der Waals surface area contributed by atoms with E-state index >= 15 is 0 Å². The van der Waals surface area contributed by atoms with Crippen molar-refractivity contribution in [1.29, 1.82) is 0 Å². The molecule has 2 bridgehead atoms. The van der Waals surface area contributed by atoms with Gasteiger partial charge in [-0.2, -0.15) is 5.10 Å². The van der Waals surface area contributed by atoms with Crippen LogP contribution >= 0.6 is 0 Å². The van der Waals surface area contributed by atoms with E-state index in [0.29, 0.717) is 11.5 Å². The first-order chi connectivity index (χ1) is 13.2. The van der Waals surface area contributed by atoms with Crippen molar-refractivity contribution in [2.75, 3.05) is 6.54 Å². The second kappa shape index (κ2) is 6.54. The number of amides is 3. The number of carbonyl (C=O) groups excluding carboxylic acids is 3. The number of hydrogen-bond acceptors (Lipinski definition) is 4. The number of benzene rings is 1. The minimum atomic E-state index is -0.326. The van der Waals surface area contributed by atoms with Crippen LogP contribution in [0.4, 0.5) is 0 Å². The summed E-state index contributed by atoms with van der Waals surface area (Å²) in [6.45, 7) is 6.91. The Labute approximate surface area is 165 Å². The van der Waals surface area contributed by atoms with E-state index in [1.807, 2.05) is 6.07 Å². The first-order valence-corrected chi connectivity index (χ1v) is 10.0. The molecule has 6 heteroatoms. The number of rotatable bonds is 4. The number of nitrogens with zero attached hydrogens (tertiary/aromatic N) is 2. The van der Waals surface area contributed by atoms with Gasteiger partial charge >= 0.3 is 0 Å². The summed E-state index contributed by atoms with van der Waals surface area (Å²) in [6.07, 6.45) is 3.51. The van der Waals surface area contributed by atoms with Crippen LogP contribution in [0.3, 0.4) is 0 Å². The lowest BCUT2D eigenvalue weighted by atomic mass is 9.70. The third kappa shape index (κ3) is 2.77. The van der Waals surface area contributed by atoms with E-state index in [0.717, 1.165) is 24.1 Å². The van der Waals surface area contributed by atoms with E-state index < -0.39 is 0 Å². The second-order valence-corrected chi connectivity index (χ2v) is 9.02. The van der Waals surface area contributed by atoms with E-state index in [1.165, 1.54) is 11.3 Å². The second-order valence-electron chi connectivity index (χ2n) is 9.02. The zero-order valence-electron chi connectivity index (χ0n) is 16.7. The fourth-order valence-corrected chi connectivity index (χ4v) is 5.12. The molecule has 1 aromatic carbocycles. The van der Waals surface area contributed by atoms with E-state index in [9.17, 15) is 14.4 Å². The Morgan fingerprint density at radius 2 is 2.00 bits per heavy atom. The zero-order valence-corrected chi connectivity index (χ0v) is 16.7. The molecule has 2 fully saturated rings. The summed E-state index contributed by atoms with van der Waals surface area (Å²) in [7, 11) is 0. The number of nitrogens with one attached hydrogen (secondary N) is 1. The summed E-state index contributed by atoms with van der Waals surface area (Å²) in [5.74, 6) is -0.230. The lowest BCUT2D eigenvalue weighted by molar-refractivity contribution is -0.129. The molecule has 2 aliphatic carbocycles. The topological polar surface area (TPSA) is 78.8 Å². The molecule has 0 aromatic heterocycles. The molecule has 3 amide bonds. The Morgan fingerprint density at radius 3 is 2.68 bits per heavy atom. The average molecular weight is 381 g/mol. The molecule has 0 saturated heterocycles. The number of imide groups is 1. The molecule has 1 heterocycles. The fourth-order valence-electron chi connectivity index (χ4n) is 5.12. The molecule has 2 saturated carbocycles. The van der Waals surface area contributed by atoms with Gasteiger partial charge in [0.2, 0.25) is 11.8 Å². The molecule has 1 N–H and O–H groups in total. The van der Waals surface area contributed by atoms with Gasteiger partial charge in [-0.3, -0.25) is 19.3 Å². The van der Waals surface area contributed by atoms with Gasteiger partial charge in [0, 0.05) is 29.7 Å². The van der Waals surface area contributed by atoms with Gasteiger partial charge in [0.05, 0.1) is 6.42 Å². The van der Waals surface area contributed by atoms with Gasteiger partial charge in [-0.15, -0.1) is 0 Å². The van der Waals surface area contributed by atoms with Gasteiger partial charge in [0.1, 0.15) is 0 Å².